The number of rotatable bonds is 8. The smallest absolute Gasteiger partial charge is 0.00790 e. The first-order valence-electron chi connectivity index (χ1n) is 8.96. The fourth-order valence-corrected chi connectivity index (χ4v) is 3.70. The Labute approximate surface area is 126 Å². The van der Waals surface area contributed by atoms with Gasteiger partial charge < -0.3 is 15.1 Å². The first-order valence-corrected chi connectivity index (χ1v) is 8.96. The van der Waals surface area contributed by atoms with Gasteiger partial charge in [-0.3, -0.25) is 0 Å². The van der Waals surface area contributed by atoms with Crippen LogP contribution in [0.5, 0.6) is 0 Å². The molecular weight excluding hydrogens is 246 g/mol. The maximum absolute atomic E-state index is 3.53. The van der Waals surface area contributed by atoms with Crippen LogP contribution in [-0.4, -0.2) is 61.7 Å². The van der Waals surface area contributed by atoms with Crippen LogP contribution in [0.15, 0.2) is 0 Å². The molecule has 3 nitrogen and oxygen atoms in total. The van der Waals surface area contributed by atoms with E-state index in [2.05, 4.69) is 29.0 Å². The van der Waals surface area contributed by atoms with Crippen LogP contribution in [0.4, 0.5) is 0 Å². The van der Waals surface area contributed by atoms with Gasteiger partial charge in [-0.15, -0.1) is 0 Å². The summed E-state index contributed by atoms with van der Waals surface area (Å²) in [7, 11) is 0. The Kier molecular flexibility index (Phi) is 7.32. The molecule has 118 valence electrons. The number of nitrogens with zero attached hydrogens (tertiary/aromatic N) is 2. The molecular formula is C17H35N3. The van der Waals surface area contributed by atoms with Gasteiger partial charge in [0.25, 0.3) is 0 Å². The molecule has 2 aliphatic heterocycles. The largest absolute Gasteiger partial charge is 0.317 e. The summed E-state index contributed by atoms with van der Waals surface area (Å²) in [5.41, 5.74) is 0. The average molecular weight is 281 g/mol. The van der Waals surface area contributed by atoms with E-state index in [0.29, 0.717) is 0 Å². The predicted octanol–water partition coefficient (Wildman–Crippen LogP) is 2.57. The van der Waals surface area contributed by atoms with Crippen molar-refractivity contribution in [2.75, 3.05) is 45.8 Å². The molecule has 2 fully saturated rings. The van der Waals surface area contributed by atoms with Crippen LogP contribution in [0.3, 0.4) is 0 Å². The van der Waals surface area contributed by atoms with E-state index in [1.807, 2.05) is 0 Å². The molecule has 0 aromatic carbocycles. The Balaban J connectivity index is 1.58. The van der Waals surface area contributed by atoms with Crippen LogP contribution in [-0.2, 0) is 0 Å². The van der Waals surface area contributed by atoms with Gasteiger partial charge in [-0.1, -0.05) is 6.92 Å². The molecule has 2 heterocycles. The Morgan fingerprint density at radius 2 is 1.75 bits per heavy atom. The van der Waals surface area contributed by atoms with E-state index in [4.69, 9.17) is 0 Å². The highest BCUT2D eigenvalue weighted by Crippen LogP contribution is 2.22. The van der Waals surface area contributed by atoms with Gasteiger partial charge in [0, 0.05) is 12.6 Å². The van der Waals surface area contributed by atoms with Gasteiger partial charge >= 0.3 is 0 Å². The van der Waals surface area contributed by atoms with E-state index in [1.165, 1.54) is 84.3 Å². The molecule has 2 aliphatic rings. The molecule has 0 saturated carbocycles. The molecule has 0 aromatic rings. The molecule has 2 rings (SSSR count). The van der Waals surface area contributed by atoms with Crippen molar-refractivity contribution in [3.63, 3.8) is 0 Å². The van der Waals surface area contributed by atoms with E-state index in [-0.39, 0.29) is 0 Å². The summed E-state index contributed by atoms with van der Waals surface area (Å²) in [6, 6.07) is 0.757. The third kappa shape index (κ3) is 5.34. The van der Waals surface area contributed by atoms with Gasteiger partial charge in [0.2, 0.25) is 0 Å². The standard InChI is InChI=1S/C17H35N3/c1-3-9-18-10-6-16(2)20-13-7-17(8-14-20)15-19-11-4-5-12-19/h16-18H,3-15H2,1-2H3. The molecule has 3 heteroatoms. The highest BCUT2D eigenvalue weighted by Gasteiger charge is 2.24. The number of hydrogen-bond acceptors (Lipinski definition) is 3. The number of likely N-dealkylation sites (tertiary alicyclic amines) is 2. The summed E-state index contributed by atoms with van der Waals surface area (Å²) in [4.78, 5) is 5.41. The maximum Gasteiger partial charge on any atom is 0.00790 e. The van der Waals surface area contributed by atoms with Gasteiger partial charge in [-0.05, 0) is 90.6 Å². The molecule has 1 N–H and O–H groups in total. The zero-order chi connectivity index (χ0) is 14.2. The number of hydrogen-bond donors (Lipinski definition) is 1. The zero-order valence-electron chi connectivity index (χ0n) is 13.7. The Bertz CT molecular complexity index is 243. The molecule has 1 atom stereocenters. The molecule has 2 saturated heterocycles. The van der Waals surface area contributed by atoms with Crippen LogP contribution in [0, 0.1) is 5.92 Å². The normalized spacial score (nSPS) is 24.3. The first-order chi connectivity index (χ1) is 9.79. The summed E-state index contributed by atoms with van der Waals surface area (Å²) in [6.07, 6.45) is 8.25. The van der Waals surface area contributed by atoms with Crippen molar-refractivity contribution in [1.82, 2.24) is 15.1 Å². The van der Waals surface area contributed by atoms with Crippen molar-refractivity contribution in [1.29, 1.82) is 0 Å². The van der Waals surface area contributed by atoms with E-state index < -0.39 is 0 Å². The van der Waals surface area contributed by atoms with Crippen molar-refractivity contribution in [2.45, 2.75) is 58.4 Å². The lowest BCUT2D eigenvalue weighted by Gasteiger charge is -2.37. The molecule has 0 aromatic heterocycles. The van der Waals surface area contributed by atoms with E-state index in [1.54, 1.807) is 0 Å². The van der Waals surface area contributed by atoms with Crippen molar-refractivity contribution in [3.05, 3.63) is 0 Å². The Morgan fingerprint density at radius 3 is 2.40 bits per heavy atom. The molecule has 0 radical (unpaired) electrons. The fourth-order valence-electron chi connectivity index (χ4n) is 3.70. The minimum absolute atomic E-state index is 0.757. The van der Waals surface area contributed by atoms with Crippen molar-refractivity contribution < 1.29 is 0 Å². The van der Waals surface area contributed by atoms with E-state index in [0.717, 1.165) is 12.0 Å². The second-order valence-corrected chi connectivity index (χ2v) is 6.87. The SMILES string of the molecule is CCCNCCC(C)N1CCC(CN2CCCC2)CC1. The molecule has 0 spiro atoms. The quantitative estimate of drug-likeness (QED) is 0.690. The second-order valence-electron chi connectivity index (χ2n) is 6.87. The lowest BCUT2D eigenvalue weighted by molar-refractivity contribution is 0.118. The van der Waals surface area contributed by atoms with E-state index >= 15 is 0 Å². The lowest BCUT2D eigenvalue weighted by atomic mass is 9.95. The van der Waals surface area contributed by atoms with Crippen LogP contribution < -0.4 is 5.32 Å². The molecule has 1 unspecified atom stereocenters. The third-order valence-electron chi connectivity index (χ3n) is 5.15. The average Bonchev–Trinajstić information content (AvgIpc) is 2.97. The first kappa shape index (κ1) is 16.3. The fraction of sp³-hybridized carbons (Fsp3) is 1.00. The van der Waals surface area contributed by atoms with Crippen LogP contribution in [0.2, 0.25) is 0 Å². The highest BCUT2D eigenvalue weighted by atomic mass is 15.2. The number of nitrogens with one attached hydrogen (secondary N) is 1. The zero-order valence-corrected chi connectivity index (χ0v) is 13.7. The van der Waals surface area contributed by atoms with Gasteiger partial charge in [-0.2, -0.15) is 0 Å². The van der Waals surface area contributed by atoms with E-state index in [9.17, 15) is 0 Å². The maximum atomic E-state index is 3.53. The summed E-state index contributed by atoms with van der Waals surface area (Å²) < 4.78 is 0. The summed E-state index contributed by atoms with van der Waals surface area (Å²) in [5.74, 6) is 0.967. The van der Waals surface area contributed by atoms with Gasteiger partial charge in [0.15, 0.2) is 0 Å². The summed E-state index contributed by atoms with van der Waals surface area (Å²) in [5, 5.41) is 3.53. The van der Waals surface area contributed by atoms with Gasteiger partial charge in [-0.25, -0.2) is 0 Å². The lowest BCUT2D eigenvalue weighted by Crippen LogP contribution is -2.43. The molecule has 0 amide bonds. The van der Waals surface area contributed by atoms with Crippen molar-refractivity contribution >= 4 is 0 Å². The van der Waals surface area contributed by atoms with Crippen molar-refractivity contribution in [3.8, 4) is 0 Å². The Hall–Kier alpha value is -0.120. The molecule has 0 aliphatic carbocycles. The monoisotopic (exact) mass is 281 g/mol. The minimum atomic E-state index is 0.757. The van der Waals surface area contributed by atoms with Gasteiger partial charge in [0.05, 0.1) is 0 Å². The topological polar surface area (TPSA) is 18.5 Å². The second kappa shape index (κ2) is 9.01. The predicted molar refractivity (Wildman–Crippen MR) is 87.2 cm³/mol. The minimum Gasteiger partial charge on any atom is -0.317 e. The Morgan fingerprint density at radius 1 is 1.05 bits per heavy atom. The van der Waals surface area contributed by atoms with Crippen LogP contribution in [0.25, 0.3) is 0 Å². The summed E-state index contributed by atoms with van der Waals surface area (Å²) in [6.45, 7) is 13.8. The van der Waals surface area contributed by atoms with Crippen molar-refractivity contribution in [2.24, 2.45) is 5.92 Å². The third-order valence-corrected chi connectivity index (χ3v) is 5.15. The van der Waals surface area contributed by atoms with Gasteiger partial charge in [0.1, 0.15) is 0 Å². The highest BCUT2D eigenvalue weighted by molar-refractivity contribution is 4.79. The molecule has 20 heavy (non-hydrogen) atoms. The van der Waals surface area contributed by atoms with Crippen LogP contribution >= 0.6 is 0 Å². The molecule has 0 bridgehead atoms. The number of piperidine rings is 1. The summed E-state index contributed by atoms with van der Waals surface area (Å²) >= 11 is 0. The van der Waals surface area contributed by atoms with Crippen LogP contribution in [0.1, 0.15) is 52.4 Å².